The fraction of sp³-hybridized carbons (Fsp3) is 0.227. The summed E-state index contributed by atoms with van der Waals surface area (Å²) in [7, 11) is 0. The molecule has 1 fully saturated rings. The highest BCUT2D eigenvalue weighted by Gasteiger charge is 2.22. The van der Waals surface area contributed by atoms with Crippen molar-refractivity contribution in [1.29, 1.82) is 0 Å². The van der Waals surface area contributed by atoms with Gasteiger partial charge >= 0.3 is 0 Å². The van der Waals surface area contributed by atoms with Gasteiger partial charge in [0.25, 0.3) is 5.56 Å². The van der Waals surface area contributed by atoms with Crippen LogP contribution in [0.2, 0.25) is 0 Å². The summed E-state index contributed by atoms with van der Waals surface area (Å²) in [4.78, 5) is 15.5. The summed E-state index contributed by atoms with van der Waals surface area (Å²) in [5.41, 5.74) is 1.87. The largest absolute Gasteiger partial charge is 0.341 e. The average Bonchev–Trinajstić information content (AvgIpc) is 3.41. The van der Waals surface area contributed by atoms with Gasteiger partial charge in [-0.2, -0.15) is 0 Å². The Bertz CT molecular complexity index is 1270. The van der Waals surface area contributed by atoms with Crippen LogP contribution in [0.5, 0.6) is 0 Å². The lowest BCUT2D eigenvalue weighted by Gasteiger charge is -2.16. The molecule has 2 aromatic carbocycles. The Balaban J connectivity index is 1.68. The van der Waals surface area contributed by atoms with Crippen molar-refractivity contribution in [3.05, 3.63) is 75.0 Å². The molecular weight excluding hydrogens is 430 g/mol. The highest BCUT2D eigenvalue weighted by Crippen LogP contribution is 2.24. The molecule has 2 aromatic heterocycles. The molecule has 4 aromatic rings. The Hall–Kier alpha value is -2.93. The monoisotopic (exact) mass is 449 g/mol. The van der Waals surface area contributed by atoms with Crippen molar-refractivity contribution in [3.8, 4) is 0 Å². The molecule has 0 amide bonds. The maximum atomic E-state index is 13.3. The normalized spacial score (nSPS) is 14.6. The molecule has 1 aliphatic rings. The highest BCUT2D eigenvalue weighted by molar-refractivity contribution is 9.10. The number of halogens is 1. The molecular formula is C22H20BrN5O. The summed E-state index contributed by atoms with van der Waals surface area (Å²) in [5, 5.41) is 9.53. The predicted molar refractivity (Wildman–Crippen MR) is 119 cm³/mol. The van der Waals surface area contributed by atoms with Crippen molar-refractivity contribution in [2.75, 3.05) is 18.0 Å². The van der Waals surface area contributed by atoms with Crippen LogP contribution in [0.25, 0.3) is 22.8 Å². The van der Waals surface area contributed by atoms with Crippen LogP contribution in [-0.4, -0.2) is 32.3 Å². The number of anilines is 1. The van der Waals surface area contributed by atoms with Crippen molar-refractivity contribution in [2.45, 2.75) is 19.4 Å². The van der Waals surface area contributed by atoms with Crippen LogP contribution >= 0.6 is 15.9 Å². The second kappa shape index (κ2) is 7.48. The second-order valence-corrected chi connectivity index (χ2v) is 8.14. The number of aromatic nitrogens is 4. The molecule has 7 heteroatoms. The van der Waals surface area contributed by atoms with E-state index in [1.807, 2.05) is 65.1 Å². The molecule has 0 bridgehead atoms. The van der Waals surface area contributed by atoms with Crippen LogP contribution in [0.3, 0.4) is 0 Å². The van der Waals surface area contributed by atoms with Gasteiger partial charge in [-0.3, -0.25) is 9.36 Å². The molecule has 0 unspecified atom stereocenters. The Morgan fingerprint density at radius 1 is 1.03 bits per heavy atom. The lowest BCUT2D eigenvalue weighted by Crippen LogP contribution is -2.25. The van der Waals surface area contributed by atoms with Crippen LogP contribution < -0.4 is 10.5 Å². The van der Waals surface area contributed by atoms with Gasteiger partial charge in [-0.15, -0.1) is 10.2 Å². The van der Waals surface area contributed by atoms with E-state index in [-0.39, 0.29) is 5.56 Å². The van der Waals surface area contributed by atoms with E-state index in [4.69, 9.17) is 0 Å². The van der Waals surface area contributed by atoms with Crippen molar-refractivity contribution in [3.63, 3.8) is 0 Å². The zero-order chi connectivity index (χ0) is 19.8. The van der Waals surface area contributed by atoms with E-state index < -0.39 is 0 Å². The minimum absolute atomic E-state index is 0.0631. The summed E-state index contributed by atoms with van der Waals surface area (Å²) in [6.45, 7) is 2.36. The maximum Gasteiger partial charge on any atom is 0.263 e. The number of hydrogen-bond acceptors (Lipinski definition) is 4. The van der Waals surface area contributed by atoms with Gasteiger partial charge in [-0.25, -0.2) is 4.40 Å². The molecule has 1 saturated heterocycles. The summed E-state index contributed by atoms with van der Waals surface area (Å²) < 4.78 is 4.59. The number of nitrogens with zero attached hydrogens (tertiary/aromatic N) is 5. The molecule has 0 aliphatic carbocycles. The number of fused-ring (bicyclic) bond motifs is 3. The van der Waals surface area contributed by atoms with Crippen LogP contribution in [0, 0.1) is 0 Å². The molecule has 146 valence electrons. The van der Waals surface area contributed by atoms with Gasteiger partial charge in [0, 0.05) is 24.1 Å². The first-order valence-corrected chi connectivity index (χ1v) is 10.6. The van der Waals surface area contributed by atoms with Gasteiger partial charge < -0.3 is 4.90 Å². The summed E-state index contributed by atoms with van der Waals surface area (Å²) >= 11 is 3.50. The highest BCUT2D eigenvalue weighted by atomic mass is 79.9. The minimum atomic E-state index is -0.0631. The van der Waals surface area contributed by atoms with Gasteiger partial charge in [0.1, 0.15) is 0 Å². The van der Waals surface area contributed by atoms with E-state index >= 15 is 0 Å². The summed E-state index contributed by atoms with van der Waals surface area (Å²) in [6.07, 6.45) is 6.31. The molecule has 6 nitrogen and oxygen atoms in total. The van der Waals surface area contributed by atoms with Crippen molar-refractivity contribution in [1.82, 2.24) is 19.2 Å². The first-order valence-electron chi connectivity index (χ1n) is 9.76. The Morgan fingerprint density at radius 3 is 2.62 bits per heavy atom. The van der Waals surface area contributed by atoms with Gasteiger partial charge in [0.05, 0.1) is 10.9 Å². The number of allylic oxidation sites excluding steroid dienone is 1. The molecule has 0 saturated carbocycles. The lowest BCUT2D eigenvalue weighted by molar-refractivity contribution is 0.786. The fourth-order valence-corrected chi connectivity index (χ4v) is 4.28. The van der Waals surface area contributed by atoms with Crippen LogP contribution in [0.1, 0.15) is 18.4 Å². The predicted octanol–water partition coefficient (Wildman–Crippen LogP) is 4.12. The van der Waals surface area contributed by atoms with Crippen LogP contribution in [0.4, 0.5) is 5.95 Å². The van der Waals surface area contributed by atoms with E-state index in [0.717, 1.165) is 47.4 Å². The van der Waals surface area contributed by atoms with Crippen LogP contribution in [-0.2, 0) is 6.54 Å². The Labute approximate surface area is 176 Å². The van der Waals surface area contributed by atoms with Gasteiger partial charge in [0.15, 0.2) is 0 Å². The zero-order valence-electron chi connectivity index (χ0n) is 15.8. The van der Waals surface area contributed by atoms with Gasteiger partial charge in [-0.1, -0.05) is 58.4 Å². The fourth-order valence-electron chi connectivity index (χ4n) is 3.91. The second-order valence-electron chi connectivity index (χ2n) is 7.22. The molecule has 5 rings (SSSR count). The Kier molecular flexibility index (Phi) is 4.67. The van der Waals surface area contributed by atoms with E-state index in [0.29, 0.717) is 17.7 Å². The van der Waals surface area contributed by atoms with E-state index in [1.54, 1.807) is 4.57 Å². The zero-order valence-corrected chi connectivity index (χ0v) is 17.4. The molecule has 29 heavy (non-hydrogen) atoms. The quantitative estimate of drug-likeness (QED) is 0.470. The average molecular weight is 450 g/mol. The molecule has 3 heterocycles. The number of hydrogen-bond donors (Lipinski definition) is 0. The standard InChI is InChI=1S/C22H20BrN5O/c23-17-10-11-19-18(15-17)20(29)27(14-6-9-16-7-2-1-3-8-16)22-25-24-21(28(19)22)26-12-4-5-13-26/h1-3,6-11,15H,4-5,12-14H2. The summed E-state index contributed by atoms with van der Waals surface area (Å²) in [5.74, 6) is 1.38. The van der Waals surface area contributed by atoms with E-state index in [9.17, 15) is 4.79 Å². The molecule has 0 radical (unpaired) electrons. The third-order valence-electron chi connectivity index (χ3n) is 5.33. The van der Waals surface area contributed by atoms with Gasteiger partial charge in [-0.05, 0) is 36.6 Å². The SMILES string of the molecule is O=c1c2cc(Br)ccc2n2c(N3CCCC3)nnc2n1CC=Cc1ccccc1. The number of benzene rings is 2. The first kappa shape index (κ1) is 18.1. The molecule has 1 aliphatic heterocycles. The van der Waals surface area contributed by atoms with Crippen molar-refractivity contribution in [2.24, 2.45) is 0 Å². The van der Waals surface area contributed by atoms with Crippen molar-refractivity contribution < 1.29 is 0 Å². The topological polar surface area (TPSA) is 55.4 Å². The summed E-state index contributed by atoms with van der Waals surface area (Å²) in [6, 6.07) is 15.8. The maximum absolute atomic E-state index is 13.3. The molecule has 0 N–H and O–H groups in total. The minimum Gasteiger partial charge on any atom is -0.341 e. The molecule has 0 atom stereocenters. The molecule has 0 spiro atoms. The third-order valence-corrected chi connectivity index (χ3v) is 5.83. The smallest absolute Gasteiger partial charge is 0.263 e. The number of rotatable bonds is 4. The first-order chi connectivity index (χ1) is 14.2. The third kappa shape index (κ3) is 3.25. The Morgan fingerprint density at radius 2 is 1.83 bits per heavy atom. The van der Waals surface area contributed by atoms with Crippen molar-refractivity contribution >= 4 is 44.6 Å². The van der Waals surface area contributed by atoms with E-state index in [2.05, 4.69) is 31.0 Å². The van der Waals surface area contributed by atoms with Crippen LogP contribution in [0.15, 0.2) is 63.9 Å². The lowest BCUT2D eigenvalue weighted by atomic mass is 10.2. The van der Waals surface area contributed by atoms with E-state index in [1.165, 1.54) is 0 Å². The van der Waals surface area contributed by atoms with Gasteiger partial charge in [0.2, 0.25) is 11.7 Å².